The van der Waals surface area contributed by atoms with E-state index in [1.54, 1.807) is 0 Å². The number of unbranched alkanes of at least 4 members (excludes halogenated alkanes) is 17. The Hall–Kier alpha value is -2.32. The zero-order valence-corrected chi connectivity index (χ0v) is 35.1. The molecular weight excluding hydrogens is 697 g/mol. The predicted molar refractivity (Wildman–Crippen MR) is 228 cm³/mol. The molecule has 0 saturated heterocycles. The Bertz CT molecular complexity index is 1100. The van der Waals surface area contributed by atoms with Gasteiger partial charge < -0.3 is 20.1 Å². The van der Waals surface area contributed by atoms with Crippen LogP contribution in [-0.2, 0) is 27.9 Å². The van der Waals surface area contributed by atoms with Crippen LogP contribution in [0.3, 0.4) is 0 Å². The van der Waals surface area contributed by atoms with E-state index in [4.69, 9.17) is 24.3 Å². The first kappa shape index (κ1) is 51.7. The van der Waals surface area contributed by atoms with Gasteiger partial charge in [-0.1, -0.05) is 170 Å². The van der Waals surface area contributed by atoms with E-state index in [1.165, 1.54) is 64.2 Å². The van der Waals surface area contributed by atoms with Gasteiger partial charge in [0.2, 0.25) is 0 Å². The van der Waals surface area contributed by atoms with Crippen LogP contribution in [0.15, 0.2) is 85.1 Å². The van der Waals surface area contributed by atoms with Gasteiger partial charge >= 0.3 is 13.8 Å². The van der Waals surface area contributed by atoms with Crippen molar-refractivity contribution in [3.63, 3.8) is 0 Å². The normalized spacial score (nSPS) is 14.4. The molecular formula is C45H78NO7P. The fraction of sp³-hybridized carbons (Fsp3) is 0.667. The topological polar surface area (TPSA) is 117 Å². The van der Waals surface area contributed by atoms with Crippen LogP contribution in [0.4, 0.5) is 0 Å². The van der Waals surface area contributed by atoms with Crippen molar-refractivity contribution in [2.24, 2.45) is 5.73 Å². The predicted octanol–water partition coefficient (Wildman–Crippen LogP) is 12.5. The highest BCUT2D eigenvalue weighted by molar-refractivity contribution is 7.47. The molecule has 0 aromatic heterocycles. The summed E-state index contributed by atoms with van der Waals surface area (Å²) < 4.78 is 33.3. The van der Waals surface area contributed by atoms with Crippen molar-refractivity contribution in [2.75, 3.05) is 33.0 Å². The Labute approximate surface area is 330 Å². The van der Waals surface area contributed by atoms with Crippen LogP contribution in [0.5, 0.6) is 0 Å². The molecule has 0 aliphatic rings. The summed E-state index contributed by atoms with van der Waals surface area (Å²) in [6, 6.07) is 0. The van der Waals surface area contributed by atoms with E-state index in [2.05, 4.69) is 68.5 Å². The van der Waals surface area contributed by atoms with E-state index in [0.717, 1.165) is 64.2 Å². The van der Waals surface area contributed by atoms with E-state index in [9.17, 15) is 14.3 Å². The molecule has 0 rings (SSSR count). The maximum Gasteiger partial charge on any atom is 0.472 e. The second kappa shape index (κ2) is 41.8. The lowest BCUT2D eigenvalue weighted by atomic mass is 10.1. The Morgan fingerprint density at radius 3 is 1.50 bits per heavy atom. The van der Waals surface area contributed by atoms with Gasteiger partial charge in [0.1, 0.15) is 6.10 Å². The molecule has 0 bridgehead atoms. The lowest BCUT2D eigenvalue weighted by Gasteiger charge is -2.20. The summed E-state index contributed by atoms with van der Waals surface area (Å²) in [5, 5.41) is 0. The number of phosphoric acid groups is 1. The van der Waals surface area contributed by atoms with Gasteiger partial charge in [-0.15, -0.1) is 0 Å². The minimum absolute atomic E-state index is 0.0783. The molecule has 8 nitrogen and oxygen atoms in total. The summed E-state index contributed by atoms with van der Waals surface area (Å²) in [4.78, 5) is 22.4. The molecule has 9 heteroatoms. The molecule has 0 radical (unpaired) electrons. The van der Waals surface area contributed by atoms with Crippen LogP contribution in [0.25, 0.3) is 0 Å². The number of ether oxygens (including phenoxy) is 2. The number of hydrogen-bond donors (Lipinski definition) is 2. The Morgan fingerprint density at radius 1 is 0.556 bits per heavy atom. The average molecular weight is 776 g/mol. The Balaban J connectivity index is 4.21. The van der Waals surface area contributed by atoms with Crippen LogP contribution in [-0.4, -0.2) is 49.9 Å². The Kier molecular flexibility index (Phi) is 40.0. The molecule has 2 atom stereocenters. The van der Waals surface area contributed by atoms with E-state index in [0.29, 0.717) is 13.0 Å². The smallest absolute Gasteiger partial charge is 0.457 e. The summed E-state index contributed by atoms with van der Waals surface area (Å²) >= 11 is 0. The van der Waals surface area contributed by atoms with Crippen molar-refractivity contribution in [1.29, 1.82) is 0 Å². The van der Waals surface area contributed by atoms with Crippen LogP contribution in [0.1, 0.15) is 155 Å². The van der Waals surface area contributed by atoms with Crippen molar-refractivity contribution in [1.82, 2.24) is 0 Å². The number of carbonyl (C=O) groups excluding carboxylic acids is 1. The highest BCUT2D eigenvalue weighted by Gasteiger charge is 2.25. The van der Waals surface area contributed by atoms with Gasteiger partial charge in [-0.05, 0) is 64.2 Å². The first-order valence-corrected chi connectivity index (χ1v) is 22.7. The third-order valence-corrected chi connectivity index (χ3v) is 9.42. The fourth-order valence-electron chi connectivity index (χ4n) is 5.30. The Morgan fingerprint density at radius 2 is 0.981 bits per heavy atom. The molecule has 3 N–H and O–H groups in total. The van der Waals surface area contributed by atoms with Crippen molar-refractivity contribution in [3.05, 3.63) is 85.1 Å². The largest absolute Gasteiger partial charge is 0.472 e. The maximum atomic E-state index is 12.6. The molecule has 0 heterocycles. The second-order valence-electron chi connectivity index (χ2n) is 13.6. The molecule has 0 aliphatic heterocycles. The highest BCUT2D eigenvalue weighted by Crippen LogP contribution is 2.43. The first-order chi connectivity index (χ1) is 26.4. The number of hydrogen-bond acceptors (Lipinski definition) is 7. The first-order valence-electron chi connectivity index (χ1n) is 21.2. The maximum absolute atomic E-state index is 12.6. The number of allylic oxidation sites excluding steroid dienone is 14. The highest BCUT2D eigenvalue weighted by atomic mass is 31.2. The summed E-state index contributed by atoms with van der Waals surface area (Å²) in [5.41, 5.74) is 5.36. The molecule has 54 heavy (non-hydrogen) atoms. The summed E-state index contributed by atoms with van der Waals surface area (Å²) in [5.74, 6) is -0.372. The number of nitrogens with two attached hydrogens (primary N) is 1. The van der Waals surface area contributed by atoms with Gasteiger partial charge in [0.25, 0.3) is 0 Å². The van der Waals surface area contributed by atoms with E-state index in [-0.39, 0.29) is 38.8 Å². The van der Waals surface area contributed by atoms with Crippen molar-refractivity contribution >= 4 is 13.8 Å². The summed E-state index contributed by atoms with van der Waals surface area (Å²) in [7, 11) is -4.30. The minimum atomic E-state index is -4.30. The lowest BCUT2D eigenvalue weighted by molar-refractivity contribution is -0.154. The second-order valence-corrected chi connectivity index (χ2v) is 15.1. The quantitative estimate of drug-likeness (QED) is 0.0274. The molecule has 0 fully saturated rings. The SMILES string of the molecule is CCCCCC/C=C/C=C/C=C/C=C/C=C/CCCCCCOC[C@H](COP(=O)(O)OCCN)OC(=O)CCCCC/C=C/C=C\CCCCCCCC. The van der Waals surface area contributed by atoms with Gasteiger partial charge in [0.05, 0.1) is 19.8 Å². The van der Waals surface area contributed by atoms with Crippen LogP contribution < -0.4 is 5.73 Å². The van der Waals surface area contributed by atoms with Crippen LogP contribution >= 0.6 is 7.82 Å². The third-order valence-electron chi connectivity index (χ3n) is 8.44. The van der Waals surface area contributed by atoms with E-state index < -0.39 is 13.9 Å². The van der Waals surface area contributed by atoms with Gasteiger partial charge in [0.15, 0.2) is 0 Å². The van der Waals surface area contributed by atoms with Gasteiger partial charge in [-0.25, -0.2) is 4.57 Å². The molecule has 0 saturated carbocycles. The average Bonchev–Trinajstić information content (AvgIpc) is 3.16. The molecule has 310 valence electrons. The zero-order chi connectivity index (χ0) is 39.5. The van der Waals surface area contributed by atoms with Crippen LogP contribution in [0, 0.1) is 0 Å². The lowest BCUT2D eigenvalue weighted by Crippen LogP contribution is -2.28. The molecule has 0 amide bonds. The van der Waals surface area contributed by atoms with E-state index >= 15 is 0 Å². The third kappa shape index (κ3) is 40.9. The molecule has 0 aliphatic carbocycles. The standard InChI is InChI=1S/C45H78NO7P/c1-3-5-7-9-11-13-15-17-19-20-21-22-23-25-27-29-31-33-35-37-40-50-42-44(43-52-54(48,49)51-41-39-46)53-45(47)38-36-34-32-30-28-26-24-18-16-14-12-10-8-6-4-2/h13,15,17-28,44H,3-12,14,16,29-43,46H2,1-2H3,(H,48,49)/b15-13+,19-17+,21-20+,23-22+,24-18-,27-25+,28-26+/t44-/m1/s1. The van der Waals surface area contributed by atoms with Gasteiger partial charge in [-0.2, -0.15) is 0 Å². The van der Waals surface area contributed by atoms with Gasteiger partial charge in [-0.3, -0.25) is 13.8 Å². The number of rotatable bonds is 39. The van der Waals surface area contributed by atoms with E-state index in [1.807, 2.05) is 30.4 Å². The van der Waals surface area contributed by atoms with Gasteiger partial charge in [0, 0.05) is 19.6 Å². The molecule has 1 unspecified atom stereocenters. The fourth-order valence-corrected chi connectivity index (χ4v) is 6.07. The molecule has 0 aromatic rings. The minimum Gasteiger partial charge on any atom is -0.457 e. The number of carbonyl (C=O) groups is 1. The van der Waals surface area contributed by atoms with Crippen molar-refractivity contribution in [3.8, 4) is 0 Å². The zero-order valence-electron chi connectivity index (χ0n) is 34.2. The number of phosphoric ester groups is 1. The summed E-state index contributed by atoms with van der Waals surface area (Å²) in [6.45, 7) is 4.74. The molecule has 0 aromatic carbocycles. The van der Waals surface area contributed by atoms with Crippen molar-refractivity contribution < 1.29 is 32.8 Å². The molecule has 0 spiro atoms. The van der Waals surface area contributed by atoms with Crippen molar-refractivity contribution in [2.45, 2.75) is 161 Å². The van der Waals surface area contributed by atoms with Crippen LogP contribution in [0.2, 0.25) is 0 Å². The monoisotopic (exact) mass is 776 g/mol. The number of esters is 1. The summed E-state index contributed by atoms with van der Waals surface area (Å²) in [6.07, 6.45) is 53.1.